The molecule has 0 aliphatic rings. The first kappa shape index (κ1) is 24.6. The number of para-hydroxylation sites is 2. The highest BCUT2D eigenvalue weighted by molar-refractivity contribution is 8.76. The van der Waals surface area contributed by atoms with Gasteiger partial charge >= 0.3 is 0 Å². The molecular weight excluding hydrogens is 567 g/mol. The van der Waals surface area contributed by atoms with Crippen LogP contribution in [0.1, 0.15) is 0 Å². The van der Waals surface area contributed by atoms with Crippen LogP contribution in [0.15, 0.2) is 71.0 Å². The molecule has 0 aliphatic heterocycles. The predicted octanol–water partition coefficient (Wildman–Crippen LogP) is 4.55. The Morgan fingerprint density at radius 3 is 1.42 bits per heavy atom. The predicted molar refractivity (Wildman–Crippen MR) is 144 cm³/mol. The van der Waals surface area contributed by atoms with Gasteiger partial charge in [-0.15, -0.1) is 20.4 Å². The molecular formula is C22H16Cl2N12S2. The van der Waals surface area contributed by atoms with Crippen LogP contribution < -0.4 is 0 Å². The molecule has 4 heterocycles. The maximum atomic E-state index is 6.54. The minimum absolute atomic E-state index is 0.435. The van der Waals surface area contributed by atoms with Crippen LogP contribution in [-0.2, 0) is 14.1 Å². The fraction of sp³-hybridized carbons (Fsp3) is 0.0909. The number of benzene rings is 2. The van der Waals surface area contributed by atoms with Crippen molar-refractivity contribution < 1.29 is 0 Å². The summed E-state index contributed by atoms with van der Waals surface area (Å²) in [7, 11) is 6.28. The molecule has 2 aromatic carbocycles. The standard InChI is InChI=1S/C22H16Cl2N12S2/c1-33-29-19(27-31-33)13-11-25-35(17-9-5-3-7-15(17)23)21(13)37-38-22-14(20-28-32-34(2)30-20)12-26-36(22)18-10-6-4-8-16(18)24/h3-12H,1-2H3. The molecule has 0 atom stereocenters. The second-order valence-corrected chi connectivity index (χ2v) is 10.7. The van der Waals surface area contributed by atoms with Gasteiger partial charge in [0.1, 0.15) is 10.1 Å². The Kier molecular flexibility index (Phi) is 6.61. The van der Waals surface area contributed by atoms with E-state index >= 15 is 0 Å². The molecule has 0 bridgehead atoms. The molecule has 0 amide bonds. The van der Waals surface area contributed by atoms with Crippen molar-refractivity contribution in [2.45, 2.75) is 10.1 Å². The molecule has 0 saturated carbocycles. The first-order valence-corrected chi connectivity index (χ1v) is 13.9. The fourth-order valence-corrected chi connectivity index (χ4v) is 6.52. The number of rotatable bonds is 7. The Balaban J connectivity index is 1.47. The molecule has 6 rings (SSSR count). The summed E-state index contributed by atoms with van der Waals surface area (Å²) in [5, 5.41) is 36.9. The van der Waals surface area contributed by atoms with Gasteiger partial charge < -0.3 is 0 Å². The van der Waals surface area contributed by atoms with Crippen molar-refractivity contribution in [2.75, 3.05) is 0 Å². The molecule has 0 N–H and O–H groups in total. The zero-order valence-electron chi connectivity index (χ0n) is 19.7. The van der Waals surface area contributed by atoms with Gasteiger partial charge in [0.15, 0.2) is 0 Å². The zero-order chi connectivity index (χ0) is 26.2. The maximum Gasteiger partial charge on any atom is 0.209 e. The van der Waals surface area contributed by atoms with Gasteiger partial charge in [-0.2, -0.15) is 19.8 Å². The molecule has 38 heavy (non-hydrogen) atoms. The minimum Gasteiger partial charge on any atom is -0.224 e. The van der Waals surface area contributed by atoms with Crippen molar-refractivity contribution in [1.82, 2.24) is 60.0 Å². The van der Waals surface area contributed by atoms with E-state index in [1.807, 2.05) is 48.5 Å². The summed E-state index contributed by atoms with van der Waals surface area (Å²) in [6.45, 7) is 0. The quantitative estimate of drug-likeness (QED) is 0.248. The molecule has 0 saturated heterocycles. The topological polar surface area (TPSA) is 123 Å². The van der Waals surface area contributed by atoms with Crippen molar-refractivity contribution in [3.63, 3.8) is 0 Å². The second-order valence-electron chi connectivity index (χ2n) is 7.82. The molecule has 6 aromatic rings. The Hall–Kier alpha value is -3.72. The third-order valence-electron chi connectivity index (χ3n) is 5.31. The van der Waals surface area contributed by atoms with Crippen molar-refractivity contribution in [3.05, 3.63) is 71.0 Å². The van der Waals surface area contributed by atoms with Crippen LogP contribution in [0.25, 0.3) is 34.2 Å². The zero-order valence-corrected chi connectivity index (χ0v) is 22.9. The molecule has 16 heteroatoms. The molecule has 0 unspecified atom stereocenters. The van der Waals surface area contributed by atoms with Gasteiger partial charge in [-0.05, 0) is 56.3 Å². The number of tetrazole rings is 2. The molecule has 190 valence electrons. The second kappa shape index (κ2) is 10.2. The van der Waals surface area contributed by atoms with Crippen molar-refractivity contribution in [1.29, 1.82) is 0 Å². The number of hydrogen-bond acceptors (Lipinski definition) is 10. The van der Waals surface area contributed by atoms with Gasteiger partial charge in [0.05, 0.1) is 59.0 Å². The number of halogens is 2. The van der Waals surface area contributed by atoms with Gasteiger partial charge in [0, 0.05) is 0 Å². The Bertz CT molecular complexity index is 1630. The monoisotopic (exact) mass is 582 g/mol. The number of hydrogen-bond donors (Lipinski definition) is 0. The summed E-state index contributed by atoms with van der Waals surface area (Å²) < 4.78 is 3.50. The lowest BCUT2D eigenvalue weighted by atomic mass is 10.3. The van der Waals surface area contributed by atoms with Crippen LogP contribution in [0.4, 0.5) is 0 Å². The number of aryl methyl sites for hydroxylation is 2. The van der Waals surface area contributed by atoms with E-state index in [0.29, 0.717) is 44.2 Å². The lowest BCUT2D eigenvalue weighted by molar-refractivity contribution is 0.630. The lowest BCUT2D eigenvalue weighted by Crippen LogP contribution is -2.00. The van der Waals surface area contributed by atoms with E-state index in [1.165, 1.54) is 31.2 Å². The van der Waals surface area contributed by atoms with Crippen LogP contribution in [0.2, 0.25) is 10.0 Å². The lowest BCUT2D eigenvalue weighted by Gasteiger charge is -2.12. The minimum atomic E-state index is 0.435. The van der Waals surface area contributed by atoms with Crippen LogP contribution in [0.3, 0.4) is 0 Å². The third kappa shape index (κ3) is 4.55. The molecule has 0 spiro atoms. The third-order valence-corrected chi connectivity index (χ3v) is 8.33. The van der Waals surface area contributed by atoms with Crippen molar-refractivity contribution >= 4 is 44.8 Å². The van der Waals surface area contributed by atoms with E-state index in [9.17, 15) is 0 Å². The van der Waals surface area contributed by atoms with Gasteiger partial charge in [0.2, 0.25) is 11.6 Å². The van der Waals surface area contributed by atoms with E-state index in [-0.39, 0.29) is 0 Å². The smallest absolute Gasteiger partial charge is 0.209 e. The fourth-order valence-electron chi connectivity index (χ4n) is 3.59. The first-order valence-electron chi connectivity index (χ1n) is 11.0. The first-order chi connectivity index (χ1) is 18.5. The normalized spacial score (nSPS) is 11.4. The molecule has 4 aromatic heterocycles. The largest absolute Gasteiger partial charge is 0.224 e. The van der Waals surface area contributed by atoms with Gasteiger partial charge in [-0.1, -0.05) is 47.5 Å². The SMILES string of the molecule is Cn1nnc(-c2cnn(-c3ccccc3Cl)c2SSc2c(-c3nnn(C)n3)cnn2-c2ccccc2Cl)n1. The summed E-state index contributed by atoms with van der Waals surface area (Å²) >= 11 is 13.1. The summed E-state index contributed by atoms with van der Waals surface area (Å²) in [6, 6.07) is 14.9. The summed E-state index contributed by atoms with van der Waals surface area (Å²) in [6.07, 6.45) is 3.39. The number of nitrogens with zero attached hydrogens (tertiary/aromatic N) is 12. The van der Waals surface area contributed by atoms with Crippen LogP contribution in [-0.4, -0.2) is 60.0 Å². The highest BCUT2D eigenvalue weighted by Crippen LogP contribution is 2.46. The summed E-state index contributed by atoms with van der Waals surface area (Å²) in [4.78, 5) is 2.79. The van der Waals surface area contributed by atoms with E-state index in [4.69, 9.17) is 23.2 Å². The van der Waals surface area contributed by atoms with Crippen molar-refractivity contribution in [2.24, 2.45) is 14.1 Å². The summed E-state index contributed by atoms with van der Waals surface area (Å²) in [5.41, 5.74) is 2.81. The Morgan fingerprint density at radius 1 is 0.632 bits per heavy atom. The molecule has 12 nitrogen and oxygen atoms in total. The molecule has 0 radical (unpaired) electrons. The Morgan fingerprint density at radius 2 is 1.05 bits per heavy atom. The van der Waals surface area contributed by atoms with E-state index in [0.717, 1.165) is 10.1 Å². The average Bonchev–Trinajstić information content (AvgIpc) is 3.70. The van der Waals surface area contributed by atoms with Gasteiger partial charge in [-0.3, -0.25) is 0 Å². The van der Waals surface area contributed by atoms with Gasteiger partial charge in [0.25, 0.3) is 0 Å². The van der Waals surface area contributed by atoms with Gasteiger partial charge in [-0.25, -0.2) is 9.36 Å². The number of aromatic nitrogens is 12. The van der Waals surface area contributed by atoms with Crippen molar-refractivity contribution in [3.8, 4) is 34.2 Å². The molecule has 0 fully saturated rings. The molecule has 0 aliphatic carbocycles. The summed E-state index contributed by atoms with van der Waals surface area (Å²) in [5.74, 6) is 0.869. The van der Waals surface area contributed by atoms with E-state index in [2.05, 4.69) is 41.0 Å². The van der Waals surface area contributed by atoms with Crippen LogP contribution in [0, 0.1) is 0 Å². The van der Waals surface area contributed by atoms with E-state index in [1.54, 1.807) is 35.9 Å². The van der Waals surface area contributed by atoms with Crippen LogP contribution >= 0.6 is 44.8 Å². The van der Waals surface area contributed by atoms with E-state index < -0.39 is 0 Å². The van der Waals surface area contributed by atoms with Crippen LogP contribution in [0.5, 0.6) is 0 Å². The maximum absolute atomic E-state index is 6.54. The average molecular weight is 583 g/mol. The highest BCUT2D eigenvalue weighted by Gasteiger charge is 2.24. The highest BCUT2D eigenvalue weighted by atomic mass is 35.5. The Labute approximate surface area is 233 Å².